The summed E-state index contributed by atoms with van der Waals surface area (Å²) in [7, 11) is 0. The zero-order chi connectivity index (χ0) is 14.0. The molecule has 0 aliphatic heterocycles. The third-order valence-corrected chi connectivity index (χ3v) is 2.36. The van der Waals surface area contributed by atoms with Gasteiger partial charge in [-0.25, -0.2) is 9.37 Å². The van der Waals surface area contributed by atoms with Gasteiger partial charge in [0.1, 0.15) is 11.6 Å². The van der Waals surface area contributed by atoms with Crippen LogP contribution < -0.4 is 4.74 Å². The molecule has 1 aromatic heterocycles. The number of aryl methyl sites for hydroxylation is 1. The standard InChI is InChI=1S/C13H9F4NO/c1-8-4-5-18-12(6-8)19-9-2-3-11(14)10(7-9)13(15,16)17/h2-7H,1H3. The highest BCUT2D eigenvalue weighted by molar-refractivity contribution is 5.34. The SMILES string of the molecule is Cc1ccnc(Oc2ccc(F)c(C(F)(F)F)c2)c1. The van der Waals surface area contributed by atoms with Gasteiger partial charge in [0.2, 0.25) is 5.88 Å². The van der Waals surface area contributed by atoms with Crippen LogP contribution in [0.15, 0.2) is 36.5 Å². The van der Waals surface area contributed by atoms with Crippen molar-refractivity contribution in [1.29, 1.82) is 0 Å². The van der Waals surface area contributed by atoms with Crippen molar-refractivity contribution < 1.29 is 22.3 Å². The molecule has 0 bridgehead atoms. The summed E-state index contributed by atoms with van der Waals surface area (Å²) in [6, 6.07) is 5.73. The maximum Gasteiger partial charge on any atom is 0.419 e. The fraction of sp³-hybridized carbons (Fsp3) is 0.154. The van der Waals surface area contributed by atoms with Gasteiger partial charge in [-0.1, -0.05) is 0 Å². The Balaban J connectivity index is 2.32. The zero-order valence-electron chi connectivity index (χ0n) is 9.83. The summed E-state index contributed by atoms with van der Waals surface area (Å²) < 4.78 is 55.8. The van der Waals surface area contributed by atoms with Crippen LogP contribution in [0.5, 0.6) is 11.6 Å². The van der Waals surface area contributed by atoms with E-state index in [9.17, 15) is 17.6 Å². The molecule has 0 atom stereocenters. The largest absolute Gasteiger partial charge is 0.439 e. The molecule has 6 heteroatoms. The van der Waals surface area contributed by atoms with Crippen LogP contribution >= 0.6 is 0 Å². The highest BCUT2D eigenvalue weighted by Gasteiger charge is 2.34. The molecule has 0 aliphatic carbocycles. The molecule has 2 nitrogen and oxygen atoms in total. The van der Waals surface area contributed by atoms with Gasteiger partial charge in [0.15, 0.2) is 0 Å². The molecule has 2 rings (SSSR count). The Morgan fingerprint density at radius 1 is 1.11 bits per heavy atom. The van der Waals surface area contributed by atoms with Crippen molar-refractivity contribution in [2.24, 2.45) is 0 Å². The molecule has 0 saturated heterocycles. The minimum Gasteiger partial charge on any atom is -0.439 e. The van der Waals surface area contributed by atoms with Crippen LogP contribution in [0.2, 0.25) is 0 Å². The highest BCUT2D eigenvalue weighted by Crippen LogP contribution is 2.34. The van der Waals surface area contributed by atoms with Gasteiger partial charge in [-0.15, -0.1) is 0 Å². The lowest BCUT2D eigenvalue weighted by Crippen LogP contribution is -2.08. The van der Waals surface area contributed by atoms with Crippen LogP contribution in [-0.2, 0) is 6.18 Å². The van der Waals surface area contributed by atoms with Gasteiger partial charge in [0.25, 0.3) is 0 Å². The fourth-order valence-corrected chi connectivity index (χ4v) is 1.47. The number of rotatable bonds is 2. The lowest BCUT2D eigenvalue weighted by Gasteiger charge is -2.10. The predicted octanol–water partition coefficient (Wildman–Crippen LogP) is 4.34. The number of hydrogen-bond donors (Lipinski definition) is 0. The van der Waals surface area contributed by atoms with Crippen molar-refractivity contribution in [3.05, 3.63) is 53.5 Å². The van der Waals surface area contributed by atoms with Crippen LogP contribution in [0, 0.1) is 12.7 Å². The Morgan fingerprint density at radius 3 is 2.47 bits per heavy atom. The van der Waals surface area contributed by atoms with Gasteiger partial charge in [0, 0.05) is 12.3 Å². The Hall–Kier alpha value is -2.11. The quantitative estimate of drug-likeness (QED) is 0.758. The van der Waals surface area contributed by atoms with Gasteiger partial charge in [-0.3, -0.25) is 0 Å². The molecule has 0 amide bonds. The lowest BCUT2D eigenvalue weighted by molar-refractivity contribution is -0.140. The molecular weight excluding hydrogens is 262 g/mol. The Labute approximate surface area is 106 Å². The Bertz CT molecular complexity index is 595. The number of alkyl halides is 3. The Morgan fingerprint density at radius 2 is 1.84 bits per heavy atom. The first-order chi connectivity index (χ1) is 8.86. The average molecular weight is 271 g/mol. The van der Waals surface area contributed by atoms with E-state index in [1.807, 2.05) is 0 Å². The molecule has 0 saturated carbocycles. The van der Waals surface area contributed by atoms with E-state index in [0.717, 1.165) is 11.6 Å². The smallest absolute Gasteiger partial charge is 0.419 e. The fourth-order valence-electron chi connectivity index (χ4n) is 1.47. The first kappa shape index (κ1) is 13.3. The van der Waals surface area contributed by atoms with Gasteiger partial charge in [-0.2, -0.15) is 13.2 Å². The van der Waals surface area contributed by atoms with Crippen molar-refractivity contribution in [3.63, 3.8) is 0 Å². The van der Waals surface area contributed by atoms with Gasteiger partial charge >= 0.3 is 6.18 Å². The molecule has 19 heavy (non-hydrogen) atoms. The average Bonchev–Trinajstić information content (AvgIpc) is 2.30. The maximum atomic E-state index is 13.1. The summed E-state index contributed by atoms with van der Waals surface area (Å²) in [4.78, 5) is 3.85. The van der Waals surface area contributed by atoms with E-state index in [1.165, 1.54) is 6.20 Å². The summed E-state index contributed by atoms with van der Waals surface area (Å²) in [5.74, 6) is -1.30. The van der Waals surface area contributed by atoms with Crippen LogP contribution in [0.4, 0.5) is 17.6 Å². The number of benzene rings is 1. The molecule has 0 fully saturated rings. The molecule has 1 heterocycles. The topological polar surface area (TPSA) is 22.1 Å². The summed E-state index contributed by atoms with van der Waals surface area (Å²) in [6.45, 7) is 1.79. The van der Waals surface area contributed by atoms with E-state index in [2.05, 4.69) is 4.98 Å². The number of ether oxygens (including phenoxy) is 1. The van der Waals surface area contributed by atoms with Crippen molar-refractivity contribution >= 4 is 0 Å². The Kier molecular flexibility index (Phi) is 3.42. The normalized spacial score (nSPS) is 11.4. The second-order valence-corrected chi connectivity index (χ2v) is 3.91. The molecule has 0 unspecified atom stereocenters. The van der Waals surface area contributed by atoms with E-state index in [-0.39, 0.29) is 11.6 Å². The first-order valence-corrected chi connectivity index (χ1v) is 5.33. The third kappa shape index (κ3) is 3.21. The second-order valence-electron chi connectivity index (χ2n) is 3.91. The predicted molar refractivity (Wildman–Crippen MR) is 60.5 cm³/mol. The number of nitrogens with zero attached hydrogens (tertiary/aromatic N) is 1. The van der Waals surface area contributed by atoms with E-state index in [1.54, 1.807) is 19.1 Å². The van der Waals surface area contributed by atoms with Crippen LogP contribution in [0.3, 0.4) is 0 Å². The number of hydrogen-bond acceptors (Lipinski definition) is 2. The summed E-state index contributed by atoms with van der Waals surface area (Å²) in [5, 5.41) is 0. The monoisotopic (exact) mass is 271 g/mol. The highest BCUT2D eigenvalue weighted by atomic mass is 19.4. The minimum absolute atomic E-state index is 0.119. The molecule has 0 aliphatic rings. The zero-order valence-corrected chi connectivity index (χ0v) is 9.83. The number of aromatic nitrogens is 1. The van der Waals surface area contributed by atoms with E-state index in [0.29, 0.717) is 12.1 Å². The molecular formula is C13H9F4NO. The minimum atomic E-state index is -4.76. The van der Waals surface area contributed by atoms with Gasteiger partial charge in [0.05, 0.1) is 5.56 Å². The summed E-state index contributed by atoms with van der Waals surface area (Å²) in [5.41, 5.74) is -0.513. The molecule has 100 valence electrons. The van der Waals surface area contributed by atoms with E-state index < -0.39 is 17.6 Å². The van der Waals surface area contributed by atoms with Crippen LogP contribution in [0.1, 0.15) is 11.1 Å². The van der Waals surface area contributed by atoms with Crippen molar-refractivity contribution in [3.8, 4) is 11.6 Å². The third-order valence-electron chi connectivity index (χ3n) is 2.36. The number of halogens is 4. The van der Waals surface area contributed by atoms with Crippen LogP contribution in [0.25, 0.3) is 0 Å². The van der Waals surface area contributed by atoms with Crippen LogP contribution in [-0.4, -0.2) is 4.98 Å². The molecule has 0 radical (unpaired) electrons. The van der Waals surface area contributed by atoms with E-state index in [4.69, 9.17) is 4.74 Å². The second kappa shape index (κ2) is 4.87. The molecule has 0 N–H and O–H groups in total. The van der Waals surface area contributed by atoms with Crippen molar-refractivity contribution in [2.45, 2.75) is 13.1 Å². The van der Waals surface area contributed by atoms with Crippen molar-refractivity contribution in [2.75, 3.05) is 0 Å². The van der Waals surface area contributed by atoms with E-state index >= 15 is 0 Å². The lowest BCUT2D eigenvalue weighted by atomic mass is 10.2. The van der Waals surface area contributed by atoms with Crippen molar-refractivity contribution in [1.82, 2.24) is 4.98 Å². The van der Waals surface area contributed by atoms with Gasteiger partial charge in [-0.05, 0) is 36.8 Å². The summed E-state index contributed by atoms with van der Waals surface area (Å²) >= 11 is 0. The maximum absolute atomic E-state index is 13.1. The number of pyridine rings is 1. The first-order valence-electron chi connectivity index (χ1n) is 5.33. The van der Waals surface area contributed by atoms with Gasteiger partial charge < -0.3 is 4.74 Å². The molecule has 1 aromatic carbocycles. The molecule has 0 spiro atoms. The summed E-state index contributed by atoms with van der Waals surface area (Å²) in [6.07, 6.45) is -3.29. The molecule has 2 aromatic rings.